The summed E-state index contributed by atoms with van der Waals surface area (Å²) in [4.78, 5) is 15.9. The second-order valence-corrected chi connectivity index (χ2v) is 7.99. The first-order chi connectivity index (χ1) is 13.2. The Balaban J connectivity index is 1.65. The van der Waals surface area contributed by atoms with Crippen LogP contribution in [-0.2, 0) is 26.0 Å². The standard InChI is InChI=1S/C22H25N3O2/c26-13-15-10-8-14(9-11-15)12-25-21-19(20(24-25)16-4-3-5-16)17-6-1-2-7-18(17)22(27)23-21/h8-11,16,26H,1-7,12-13H2,(H,23,27). The third-order valence-electron chi connectivity index (χ3n) is 6.28. The zero-order valence-electron chi connectivity index (χ0n) is 15.5. The van der Waals surface area contributed by atoms with Crippen molar-refractivity contribution in [2.75, 3.05) is 0 Å². The lowest BCUT2D eigenvalue weighted by molar-refractivity contribution is 0.282. The Morgan fingerprint density at radius 1 is 1.04 bits per heavy atom. The van der Waals surface area contributed by atoms with Gasteiger partial charge in [-0.3, -0.25) is 4.79 Å². The molecule has 27 heavy (non-hydrogen) atoms. The molecule has 0 radical (unpaired) electrons. The summed E-state index contributed by atoms with van der Waals surface area (Å²) in [5.74, 6) is 0.530. The van der Waals surface area contributed by atoms with Gasteiger partial charge in [-0.1, -0.05) is 30.7 Å². The monoisotopic (exact) mass is 363 g/mol. The van der Waals surface area contributed by atoms with Gasteiger partial charge in [0.25, 0.3) is 5.56 Å². The molecule has 1 aromatic carbocycles. The van der Waals surface area contributed by atoms with E-state index in [4.69, 9.17) is 5.10 Å². The molecule has 0 bridgehead atoms. The van der Waals surface area contributed by atoms with E-state index >= 15 is 0 Å². The Morgan fingerprint density at radius 3 is 2.41 bits per heavy atom. The predicted octanol–water partition coefficient (Wildman–Crippen LogP) is 3.41. The lowest BCUT2D eigenvalue weighted by Crippen LogP contribution is -2.20. The van der Waals surface area contributed by atoms with E-state index in [-0.39, 0.29) is 12.2 Å². The molecular weight excluding hydrogens is 338 g/mol. The van der Waals surface area contributed by atoms with Crippen molar-refractivity contribution in [2.45, 2.75) is 64.0 Å². The Labute approximate surface area is 158 Å². The van der Waals surface area contributed by atoms with E-state index in [0.29, 0.717) is 12.5 Å². The first-order valence-corrected chi connectivity index (χ1v) is 10.1. The lowest BCUT2D eigenvalue weighted by Gasteiger charge is -2.25. The Bertz CT molecular complexity index is 1040. The number of pyridine rings is 1. The molecule has 5 nitrogen and oxygen atoms in total. The number of aryl methyl sites for hydroxylation is 1. The minimum Gasteiger partial charge on any atom is -0.392 e. The topological polar surface area (TPSA) is 70.9 Å². The molecule has 140 valence electrons. The van der Waals surface area contributed by atoms with Crippen LogP contribution in [-0.4, -0.2) is 19.9 Å². The average molecular weight is 363 g/mol. The van der Waals surface area contributed by atoms with E-state index in [1.54, 1.807) is 0 Å². The number of hydrogen-bond donors (Lipinski definition) is 2. The van der Waals surface area contributed by atoms with Gasteiger partial charge in [-0.15, -0.1) is 0 Å². The van der Waals surface area contributed by atoms with Crippen molar-refractivity contribution in [1.29, 1.82) is 0 Å². The van der Waals surface area contributed by atoms with E-state index in [1.807, 2.05) is 28.9 Å². The van der Waals surface area contributed by atoms with Crippen molar-refractivity contribution >= 4 is 11.0 Å². The summed E-state index contributed by atoms with van der Waals surface area (Å²) in [7, 11) is 0. The van der Waals surface area contributed by atoms with Crippen LogP contribution in [0.4, 0.5) is 0 Å². The van der Waals surface area contributed by atoms with Gasteiger partial charge in [-0.2, -0.15) is 5.10 Å². The maximum atomic E-state index is 12.7. The number of hydrogen-bond acceptors (Lipinski definition) is 3. The fourth-order valence-electron chi connectivity index (χ4n) is 4.52. The fraction of sp³-hybridized carbons (Fsp3) is 0.455. The number of H-pyrrole nitrogens is 1. The zero-order valence-corrected chi connectivity index (χ0v) is 15.5. The summed E-state index contributed by atoms with van der Waals surface area (Å²) in [5, 5.41) is 15.5. The molecule has 2 aromatic heterocycles. The van der Waals surface area contributed by atoms with Gasteiger partial charge in [0.1, 0.15) is 5.65 Å². The van der Waals surface area contributed by atoms with Crippen LogP contribution in [0.3, 0.4) is 0 Å². The predicted molar refractivity (Wildman–Crippen MR) is 105 cm³/mol. The molecule has 5 heteroatoms. The number of nitrogens with zero attached hydrogens (tertiary/aromatic N) is 2. The molecular formula is C22H25N3O2. The van der Waals surface area contributed by atoms with Gasteiger partial charge in [0.2, 0.25) is 0 Å². The van der Waals surface area contributed by atoms with E-state index in [0.717, 1.165) is 48.0 Å². The highest BCUT2D eigenvalue weighted by Gasteiger charge is 2.29. The quantitative estimate of drug-likeness (QED) is 0.746. The summed E-state index contributed by atoms with van der Waals surface area (Å²) in [5.41, 5.74) is 6.41. The summed E-state index contributed by atoms with van der Waals surface area (Å²) in [6.45, 7) is 0.680. The number of aromatic nitrogens is 3. The average Bonchev–Trinajstić information content (AvgIpc) is 2.99. The van der Waals surface area contributed by atoms with Crippen LogP contribution in [0.25, 0.3) is 11.0 Å². The van der Waals surface area contributed by atoms with Crippen molar-refractivity contribution in [3.8, 4) is 0 Å². The molecule has 0 atom stereocenters. The first kappa shape index (κ1) is 16.8. The summed E-state index contributed by atoms with van der Waals surface area (Å²) in [6, 6.07) is 7.94. The maximum Gasteiger partial charge on any atom is 0.253 e. The molecule has 5 rings (SSSR count). The molecule has 2 heterocycles. The molecule has 0 unspecified atom stereocenters. The Morgan fingerprint density at radius 2 is 1.74 bits per heavy atom. The van der Waals surface area contributed by atoms with E-state index < -0.39 is 0 Å². The Hall–Kier alpha value is -2.40. The van der Waals surface area contributed by atoms with E-state index in [1.165, 1.54) is 35.9 Å². The van der Waals surface area contributed by atoms with Crippen LogP contribution in [0.2, 0.25) is 0 Å². The minimum atomic E-state index is 0.0519. The summed E-state index contributed by atoms with van der Waals surface area (Å²) in [6.07, 6.45) is 7.81. The number of aromatic amines is 1. The summed E-state index contributed by atoms with van der Waals surface area (Å²) < 4.78 is 1.98. The molecule has 2 aliphatic rings. The van der Waals surface area contributed by atoms with Gasteiger partial charge < -0.3 is 10.1 Å². The van der Waals surface area contributed by atoms with Crippen LogP contribution in [0.1, 0.15) is 66.0 Å². The van der Waals surface area contributed by atoms with Crippen LogP contribution < -0.4 is 5.56 Å². The SMILES string of the molecule is O=c1[nH]c2c(c(C3CCC3)nn2Cc2ccc(CO)cc2)c2c1CCCC2. The number of aliphatic hydroxyl groups is 1. The molecule has 0 saturated heterocycles. The van der Waals surface area contributed by atoms with Gasteiger partial charge >= 0.3 is 0 Å². The van der Waals surface area contributed by atoms with Crippen LogP contribution in [0.5, 0.6) is 0 Å². The molecule has 1 fully saturated rings. The third-order valence-corrected chi connectivity index (χ3v) is 6.28. The number of rotatable bonds is 4. The zero-order chi connectivity index (χ0) is 18.4. The van der Waals surface area contributed by atoms with E-state index in [2.05, 4.69) is 4.98 Å². The molecule has 0 aliphatic heterocycles. The summed E-state index contributed by atoms with van der Waals surface area (Å²) >= 11 is 0. The highest BCUT2D eigenvalue weighted by molar-refractivity contribution is 5.84. The Kier molecular flexibility index (Phi) is 4.12. The van der Waals surface area contributed by atoms with Crippen LogP contribution in [0, 0.1) is 0 Å². The first-order valence-electron chi connectivity index (χ1n) is 10.1. The molecule has 2 N–H and O–H groups in total. The van der Waals surface area contributed by atoms with Crippen molar-refractivity contribution in [1.82, 2.24) is 14.8 Å². The van der Waals surface area contributed by atoms with Crippen molar-refractivity contribution in [2.24, 2.45) is 0 Å². The second kappa shape index (κ2) is 6.64. The largest absolute Gasteiger partial charge is 0.392 e. The molecule has 0 spiro atoms. The van der Waals surface area contributed by atoms with Crippen molar-refractivity contribution in [3.63, 3.8) is 0 Å². The molecule has 3 aromatic rings. The minimum absolute atomic E-state index is 0.0519. The normalized spacial score (nSPS) is 17.1. The molecule has 2 aliphatic carbocycles. The molecule has 0 amide bonds. The highest BCUT2D eigenvalue weighted by atomic mass is 16.3. The van der Waals surface area contributed by atoms with Crippen LogP contribution in [0.15, 0.2) is 29.1 Å². The smallest absolute Gasteiger partial charge is 0.253 e. The molecule has 1 saturated carbocycles. The van der Waals surface area contributed by atoms with Crippen molar-refractivity contribution < 1.29 is 5.11 Å². The number of aliphatic hydroxyl groups excluding tert-OH is 1. The number of fused-ring (bicyclic) bond motifs is 3. The lowest BCUT2D eigenvalue weighted by atomic mass is 9.80. The van der Waals surface area contributed by atoms with Gasteiger partial charge in [0.15, 0.2) is 0 Å². The maximum absolute atomic E-state index is 12.7. The van der Waals surface area contributed by atoms with E-state index in [9.17, 15) is 9.90 Å². The van der Waals surface area contributed by atoms with Gasteiger partial charge in [-0.05, 0) is 55.2 Å². The second-order valence-electron chi connectivity index (χ2n) is 7.99. The van der Waals surface area contributed by atoms with Crippen LogP contribution >= 0.6 is 0 Å². The third kappa shape index (κ3) is 2.81. The van der Waals surface area contributed by atoms with Gasteiger partial charge in [-0.25, -0.2) is 4.68 Å². The highest BCUT2D eigenvalue weighted by Crippen LogP contribution is 2.41. The fourth-order valence-corrected chi connectivity index (χ4v) is 4.52. The van der Waals surface area contributed by atoms with Gasteiger partial charge in [0, 0.05) is 16.9 Å². The van der Waals surface area contributed by atoms with Gasteiger partial charge in [0.05, 0.1) is 18.8 Å². The van der Waals surface area contributed by atoms with Crippen molar-refractivity contribution in [3.05, 3.63) is 62.6 Å². The number of nitrogens with one attached hydrogen (secondary N) is 1. The number of benzene rings is 1.